The number of amides is 1. The summed E-state index contributed by atoms with van der Waals surface area (Å²) in [6.45, 7) is 0.565. The number of rotatable bonds is 4. The molecule has 0 aromatic carbocycles. The first-order chi connectivity index (χ1) is 15.2. The van der Waals surface area contributed by atoms with Crippen molar-refractivity contribution < 1.29 is 27.1 Å². The molecule has 4 rings (SSSR count). The molecule has 3 aromatic rings. The maximum absolute atomic E-state index is 14.4. The molecule has 0 saturated heterocycles. The van der Waals surface area contributed by atoms with Crippen molar-refractivity contribution in [2.24, 2.45) is 7.05 Å². The summed E-state index contributed by atoms with van der Waals surface area (Å²) >= 11 is 0. The summed E-state index contributed by atoms with van der Waals surface area (Å²) in [6.07, 6.45) is -1.49. The summed E-state index contributed by atoms with van der Waals surface area (Å²) < 4.78 is 60.8. The Hall–Kier alpha value is -3.44. The minimum Gasteiger partial charge on any atom is -0.481 e. The smallest absolute Gasteiger partial charge is 0.435 e. The lowest BCUT2D eigenvalue weighted by molar-refractivity contribution is -0.141. The summed E-state index contributed by atoms with van der Waals surface area (Å²) in [5.41, 5.74) is -0.166. The van der Waals surface area contributed by atoms with Crippen molar-refractivity contribution in [3.05, 3.63) is 47.3 Å². The monoisotopic (exact) mass is 452 g/mol. The summed E-state index contributed by atoms with van der Waals surface area (Å²) in [7, 11) is 2.69. The minimum atomic E-state index is -4.65. The molecular formula is C20H20F4N6O2. The summed E-state index contributed by atoms with van der Waals surface area (Å²) in [5, 5.41) is 10.6. The minimum absolute atomic E-state index is 0.198. The van der Waals surface area contributed by atoms with E-state index in [0.717, 1.165) is 23.7 Å². The van der Waals surface area contributed by atoms with Gasteiger partial charge in [0.15, 0.2) is 11.5 Å². The maximum atomic E-state index is 14.4. The SMILES string of the molecule is COc1cc(-c2cc3n(n2)CCCC[C@H]3NC(=O)c2cc(C(F)(F)F)nn2C)c(F)cn1. The Morgan fingerprint density at radius 3 is 2.69 bits per heavy atom. The molecule has 12 heteroatoms. The molecule has 0 radical (unpaired) electrons. The fraction of sp³-hybridized carbons (Fsp3) is 0.400. The van der Waals surface area contributed by atoms with Gasteiger partial charge in [-0.15, -0.1) is 0 Å². The fourth-order valence-corrected chi connectivity index (χ4v) is 3.70. The van der Waals surface area contributed by atoms with Gasteiger partial charge < -0.3 is 10.1 Å². The number of aromatic nitrogens is 5. The molecule has 0 fully saturated rings. The van der Waals surface area contributed by atoms with E-state index < -0.39 is 29.6 Å². The second-order valence-electron chi connectivity index (χ2n) is 7.44. The Balaban J connectivity index is 1.64. The van der Waals surface area contributed by atoms with Crippen molar-refractivity contribution in [2.45, 2.75) is 38.0 Å². The zero-order valence-electron chi connectivity index (χ0n) is 17.3. The van der Waals surface area contributed by atoms with Crippen LogP contribution in [0.4, 0.5) is 17.6 Å². The largest absolute Gasteiger partial charge is 0.481 e. The Morgan fingerprint density at radius 2 is 2.00 bits per heavy atom. The number of aryl methyl sites for hydroxylation is 2. The third kappa shape index (κ3) is 4.16. The quantitative estimate of drug-likeness (QED) is 0.613. The normalized spacial score (nSPS) is 16.4. The molecule has 3 aromatic heterocycles. The third-order valence-corrected chi connectivity index (χ3v) is 5.30. The van der Waals surface area contributed by atoms with Gasteiger partial charge in [0.1, 0.15) is 5.69 Å². The second kappa shape index (κ2) is 8.24. The van der Waals surface area contributed by atoms with Crippen molar-refractivity contribution in [3.8, 4) is 17.1 Å². The lowest BCUT2D eigenvalue weighted by atomic mass is 10.1. The number of alkyl halides is 3. The number of fused-ring (bicyclic) bond motifs is 1. The Kier molecular flexibility index (Phi) is 5.61. The van der Waals surface area contributed by atoms with Crippen LogP contribution >= 0.6 is 0 Å². The van der Waals surface area contributed by atoms with Crippen LogP contribution in [-0.2, 0) is 19.8 Å². The summed E-state index contributed by atoms with van der Waals surface area (Å²) in [6, 6.07) is 3.30. The highest BCUT2D eigenvalue weighted by molar-refractivity contribution is 5.93. The van der Waals surface area contributed by atoms with Gasteiger partial charge in [0.25, 0.3) is 5.91 Å². The van der Waals surface area contributed by atoms with Crippen LogP contribution in [0.1, 0.15) is 47.2 Å². The van der Waals surface area contributed by atoms with Crippen LogP contribution in [0.25, 0.3) is 11.3 Å². The Morgan fingerprint density at radius 1 is 1.22 bits per heavy atom. The van der Waals surface area contributed by atoms with Crippen molar-refractivity contribution in [1.82, 2.24) is 29.9 Å². The Labute approximate surface area is 180 Å². The first kappa shape index (κ1) is 21.8. The van der Waals surface area contributed by atoms with Crippen molar-refractivity contribution >= 4 is 5.91 Å². The van der Waals surface area contributed by atoms with E-state index in [1.165, 1.54) is 20.2 Å². The predicted octanol–water partition coefficient (Wildman–Crippen LogP) is 3.50. The van der Waals surface area contributed by atoms with E-state index in [1.807, 2.05) is 0 Å². The number of hydrogen-bond acceptors (Lipinski definition) is 5. The van der Waals surface area contributed by atoms with Gasteiger partial charge in [-0.05, 0) is 25.3 Å². The highest BCUT2D eigenvalue weighted by Crippen LogP contribution is 2.32. The van der Waals surface area contributed by atoms with Crippen LogP contribution in [0, 0.1) is 5.82 Å². The van der Waals surface area contributed by atoms with Crippen LogP contribution in [0.2, 0.25) is 0 Å². The molecule has 0 unspecified atom stereocenters. The van der Waals surface area contributed by atoms with Crippen molar-refractivity contribution in [3.63, 3.8) is 0 Å². The molecule has 1 N–H and O–H groups in total. The van der Waals surface area contributed by atoms with E-state index in [1.54, 1.807) is 10.7 Å². The molecule has 1 aliphatic rings. The molecule has 8 nitrogen and oxygen atoms in total. The first-order valence-electron chi connectivity index (χ1n) is 9.87. The van der Waals surface area contributed by atoms with Gasteiger partial charge in [-0.2, -0.15) is 23.4 Å². The highest BCUT2D eigenvalue weighted by Gasteiger charge is 2.36. The summed E-state index contributed by atoms with van der Waals surface area (Å²) in [4.78, 5) is 16.6. The molecule has 170 valence electrons. The van der Waals surface area contributed by atoms with Gasteiger partial charge in [0.2, 0.25) is 5.88 Å². The Bertz CT molecular complexity index is 1150. The molecule has 1 amide bonds. The number of ether oxygens (including phenoxy) is 1. The van der Waals surface area contributed by atoms with E-state index >= 15 is 0 Å². The molecular weight excluding hydrogens is 432 g/mol. The van der Waals surface area contributed by atoms with Crippen LogP contribution in [-0.4, -0.2) is 37.6 Å². The predicted molar refractivity (Wildman–Crippen MR) is 104 cm³/mol. The van der Waals surface area contributed by atoms with Crippen LogP contribution < -0.4 is 10.1 Å². The van der Waals surface area contributed by atoms with Crippen LogP contribution in [0.15, 0.2) is 24.4 Å². The summed E-state index contributed by atoms with van der Waals surface area (Å²) in [5.74, 6) is -1.03. The van der Waals surface area contributed by atoms with Crippen molar-refractivity contribution in [2.75, 3.05) is 7.11 Å². The van der Waals surface area contributed by atoms with E-state index in [2.05, 4.69) is 20.5 Å². The molecule has 0 bridgehead atoms. The van der Waals surface area contributed by atoms with Gasteiger partial charge in [0.05, 0.1) is 30.7 Å². The van der Waals surface area contributed by atoms with E-state index in [-0.39, 0.29) is 17.1 Å². The molecule has 1 atom stereocenters. The van der Waals surface area contributed by atoms with Gasteiger partial charge in [-0.3, -0.25) is 14.2 Å². The van der Waals surface area contributed by atoms with E-state index in [9.17, 15) is 22.4 Å². The molecule has 0 saturated carbocycles. The number of carbonyl (C=O) groups is 1. The average Bonchev–Trinajstić information content (AvgIpc) is 3.29. The number of halogens is 4. The number of carbonyl (C=O) groups excluding carboxylic acids is 1. The van der Waals surface area contributed by atoms with E-state index in [4.69, 9.17) is 4.74 Å². The van der Waals surface area contributed by atoms with Crippen LogP contribution in [0.5, 0.6) is 5.88 Å². The number of pyridine rings is 1. The second-order valence-corrected chi connectivity index (χ2v) is 7.44. The number of hydrogen-bond donors (Lipinski definition) is 1. The topological polar surface area (TPSA) is 86.9 Å². The van der Waals surface area contributed by atoms with E-state index in [0.29, 0.717) is 30.4 Å². The average molecular weight is 452 g/mol. The first-order valence-corrected chi connectivity index (χ1v) is 9.87. The zero-order valence-corrected chi connectivity index (χ0v) is 17.3. The standard InChI is InChI=1S/C20H20F4N6O2/c1-29-16(9-17(28-29)20(22,23)24)19(31)26-13-5-3-4-6-30-15(13)8-14(27-30)11-7-18(32-2)25-10-12(11)21/h7-10,13H,3-6H2,1-2H3,(H,26,31)/t13-/m1/s1. The number of nitrogens with zero attached hydrogens (tertiary/aromatic N) is 5. The van der Waals surface area contributed by atoms with Gasteiger partial charge in [-0.25, -0.2) is 9.37 Å². The number of methoxy groups -OCH3 is 1. The lowest BCUT2D eigenvalue weighted by Gasteiger charge is -2.17. The highest BCUT2D eigenvalue weighted by atomic mass is 19.4. The van der Waals surface area contributed by atoms with Gasteiger partial charge >= 0.3 is 6.18 Å². The fourth-order valence-electron chi connectivity index (χ4n) is 3.70. The van der Waals surface area contributed by atoms with Crippen LogP contribution in [0.3, 0.4) is 0 Å². The molecule has 4 heterocycles. The molecule has 1 aliphatic heterocycles. The van der Waals surface area contributed by atoms with Crippen molar-refractivity contribution in [1.29, 1.82) is 0 Å². The molecule has 0 spiro atoms. The molecule has 32 heavy (non-hydrogen) atoms. The van der Waals surface area contributed by atoms with Gasteiger partial charge in [0, 0.05) is 31.3 Å². The third-order valence-electron chi connectivity index (χ3n) is 5.30. The maximum Gasteiger partial charge on any atom is 0.435 e. The molecule has 0 aliphatic carbocycles. The zero-order chi connectivity index (χ0) is 23.0. The number of nitrogens with one attached hydrogen (secondary N) is 1. The lowest BCUT2D eigenvalue weighted by Crippen LogP contribution is -2.30. The van der Waals surface area contributed by atoms with Gasteiger partial charge in [-0.1, -0.05) is 0 Å².